The number of esters is 2. The lowest BCUT2D eigenvalue weighted by atomic mass is 10.3. The normalized spacial score (nSPS) is 13.0. The zero-order valence-electron chi connectivity index (χ0n) is 9.08. The van der Waals surface area contributed by atoms with Crippen LogP contribution in [0.3, 0.4) is 0 Å². The quantitative estimate of drug-likeness (QED) is 0.509. The lowest BCUT2D eigenvalue weighted by Gasteiger charge is -2.15. The Hall–Kier alpha value is -0.910. The molecule has 0 aromatic heterocycles. The summed E-state index contributed by atoms with van der Waals surface area (Å²) in [5.74, 6) is -1.94. The lowest BCUT2D eigenvalue weighted by molar-refractivity contribution is -0.149. The van der Waals surface area contributed by atoms with Gasteiger partial charge in [0.05, 0.1) is 19.6 Å². The molecule has 0 spiro atoms. The van der Waals surface area contributed by atoms with Gasteiger partial charge in [0, 0.05) is 0 Å². The highest BCUT2D eigenvalue weighted by molar-refractivity contribution is 7.53. The fourth-order valence-corrected chi connectivity index (χ4v) is 1.69. The summed E-state index contributed by atoms with van der Waals surface area (Å²) in [4.78, 5) is 40.0. The minimum atomic E-state index is -4.71. The average molecular weight is 254 g/mol. The van der Waals surface area contributed by atoms with E-state index in [0.29, 0.717) is 0 Å². The molecular weight excluding hydrogens is 239 g/mol. The summed E-state index contributed by atoms with van der Waals surface area (Å²) in [6, 6.07) is 0. The fourth-order valence-electron chi connectivity index (χ4n) is 0.956. The first-order chi connectivity index (χ1) is 7.32. The Morgan fingerprint density at radius 3 is 2.06 bits per heavy atom. The van der Waals surface area contributed by atoms with Crippen LogP contribution in [-0.2, 0) is 23.6 Å². The smallest absolute Gasteiger partial charge is 0.340 e. The summed E-state index contributed by atoms with van der Waals surface area (Å²) in [7, 11) is -4.71. The highest BCUT2D eigenvalue weighted by Crippen LogP contribution is 2.43. The minimum absolute atomic E-state index is 0.0157. The van der Waals surface area contributed by atoms with Gasteiger partial charge in [0.1, 0.15) is 0 Å². The highest BCUT2D eigenvalue weighted by atomic mass is 31.2. The van der Waals surface area contributed by atoms with E-state index < -0.39 is 31.6 Å². The molecule has 0 radical (unpaired) electrons. The van der Waals surface area contributed by atoms with Crippen molar-refractivity contribution in [3.8, 4) is 0 Å². The Bertz CT molecular complexity index is 295. The molecule has 8 heteroatoms. The Kier molecular flexibility index (Phi) is 6.25. The highest BCUT2D eigenvalue weighted by Gasteiger charge is 2.39. The zero-order valence-corrected chi connectivity index (χ0v) is 9.98. The molecule has 0 saturated heterocycles. The molecule has 0 bridgehead atoms. The first-order valence-electron chi connectivity index (χ1n) is 4.70. The van der Waals surface area contributed by atoms with Gasteiger partial charge in [-0.3, -0.25) is 14.2 Å². The molecule has 1 atom stereocenters. The molecule has 0 aromatic rings. The number of ether oxygens (including phenoxy) is 2. The van der Waals surface area contributed by atoms with Crippen molar-refractivity contribution < 1.29 is 33.4 Å². The number of rotatable bonds is 6. The van der Waals surface area contributed by atoms with Gasteiger partial charge < -0.3 is 19.3 Å². The van der Waals surface area contributed by atoms with Crippen molar-refractivity contribution in [2.24, 2.45) is 0 Å². The van der Waals surface area contributed by atoms with E-state index in [1.54, 1.807) is 6.92 Å². The van der Waals surface area contributed by atoms with Crippen molar-refractivity contribution in [3.63, 3.8) is 0 Å². The fraction of sp³-hybridized carbons (Fsp3) is 0.750. The van der Waals surface area contributed by atoms with Crippen LogP contribution in [0.25, 0.3) is 0 Å². The molecule has 1 unspecified atom stereocenters. The summed E-state index contributed by atoms with van der Waals surface area (Å²) >= 11 is 0. The van der Waals surface area contributed by atoms with Gasteiger partial charge in [-0.2, -0.15) is 0 Å². The van der Waals surface area contributed by atoms with E-state index in [1.165, 1.54) is 6.92 Å². The molecule has 94 valence electrons. The van der Waals surface area contributed by atoms with Crippen molar-refractivity contribution in [2.75, 3.05) is 13.2 Å². The molecular formula is C8H15O7P. The molecule has 0 rings (SSSR count). The molecule has 0 aliphatic heterocycles. The molecule has 16 heavy (non-hydrogen) atoms. The van der Waals surface area contributed by atoms with Crippen molar-refractivity contribution in [1.82, 2.24) is 0 Å². The standard InChI is InChI=1S/C8H15O7P/c1-3-14-7(9)5-6(16(11,12)13)8(10)15-4-2/h6H,3-5H2,1-2H3,(H2,11,12,13). The SMILES string of the molecule is CCOC(=O)CC(C(=O)OCC)P(=O)(O)O. The third kappa shape index (κ3) is 5.25. The van der Waals surface area contributed by atoms with Crippen molar-refractivity contribution >= 4 is 19.5 Å². The van der Waals surface area contributed by atoms with Gasteiger partial charge in [-0.1, -0.05) is 0 Å². The Labute approximate surface area is 92.9 Å². The maximum atomic E-state index is 11.2. The second-order valence-electron chi connectivity index (χ2n) is 2.87. The van der Waals surface area contributed by atoms with Crippen LogP contribution in [0.1, 0.15) is 20.3 Å². The third-order valence-corrected chi connectivity index (χ3v) is 2.84. The first-order valence-corrected chi connectivity index (χ1v) is 6.38. The van der Waals surface area contributed by atoms with Gasteiger partial charge in [-0.25, -0.2) is 0 Å². The van der Waals surface area contributed by atoms with E-state index in [2.05, 4.69) is 9.47 Å². The van der Waals surface area contributed by atoms with Gasteiger partial charge in [0.15, 0.2) is 5.66 Å². The van der Waals surface area contributed by atoms with Crippen molar-refractivity contribution in [3.05, 3.63) is 0 Å². The topological polar surface area (TPSA) is 110 Å². The van der Waals surface area contributed by atoms with Crippen LogP contribution >= 0.6 is 7.60 Å². The van der Waals surface area contributed by atoms with Gasteiger partial charge >= 0.3 is 19.5 Å². The second kappa shape index (κ2) is 6.62. The predicted molar refractivity (Wildman–Crippen MR) is 53.7 cm³/mol. The molecule has 0 fully saturated rings. The van der Waals surface area contributed by atoms with Gasteiger partial charge in [-0.05, 0) is 13.8 Å². The van der Waals surface area contributed by atoms with E-state index in [1.807, 2.05) is 0 Å². The van der Waals surface area contributed by atoms with E-state index in [0.717, 1.165) is 0 Å². The van der Waals surface area contributed by atoms with Crippen LogP contribution in [0.4, 0.5) is 0 Å². The number of carbonyl (C=O) groups excluding carboxylic acids is 2. The summed E-state index contributed by atoms with van der Waals surface area (Å²) in [5.41, 5.74) is -1.79. The van der Waals surface area contributed by atoms with E-state index >= 15 is 0 Å². The number of hydrogen-bond donors (Lipinski definition) is 2. The largest absolute Gasteiger partial charge is 0.466 e. The third-order valence-electron chi connectivity index (χ3n) is 1.63. The monoisotopic (exact) mass is 254 g/mol. The lowest BCUT2D eigenvalue weighted by Crippen LogP contribution is -2.27. The predicted octanol–water partition coefficient (Wildman–Crippen LogP) is 0.0490. The molecule has 0 aliphatic rings. The van der Waals surface area contributed by atoms with Crippen LogP contribution in [0.2, 0.25) is 0 Å². The van der Waals surface area contributed by atoms with Crippen LogP contribution in [0.15, 0.2) is 0 Å². The maximum absolute atomic E-state index is 11.2. The van der Waals surface area contributed by atoms with E-state index in [9.17, 15) is 14.2 Å². The van der Waals surface area contributed by atoms with Crippen LogP contribution in [-0.4, -0.2) is 40.6 Å². The molecule has 0 saturated carbocycles. The summed E-state index contributed by atoms with van der Waals surface area (Å²) in [6.07, 6.45) is -0.684. The van der Waals surface area contributed by atoms with Gasteiger partial charge in [0.25, 0.3) is 0 Å². The number of hydrogen-bond acceptors (Lipinski definition) is 5. The molecule has 2 N–H and O–H groups in total. The maximum Gasteiger partial charge on any atom is 0.340 e. The van der Waals surface area contributed by atoms with E-state index in [-0.39, 0.29) is 13.2 Å². The molecule has 0 aromatic carbocycles. The van der Waals surface area contributed by atoms with Gasteiger partial charge in [-0.15, -0.1) is 0 Å². The van der Waals surface area contributed by atoms with Crippen molar-refractivity contribution in [1.29, 1.82) is 0 Å². The molecule has 7 nitrogen and oxygen atoms in total. The molecule has 0 amide bonds. The van der Waals surface area contributed by atoms with Crippen LogP contribution < -0.4 is 0 Å². The zero-order chi connectivity index (χ0) is 12.8. The Balaban J connectivity index is 4.63. The van der Waals surface area contributed by atoms with Crippen LogP contribution in [0.5, 0.6) is 0 Å². The number of carbonyl (C=O) groups is 2. The average Bonchev–Trinajstić information content (AvgIpc) is 2.13. The molecule has 0 heterocycles. The van der Waals surface area contributed by atoms with Crippen LogP contribution in [0, 0.1) is 0 Å². The van der Waals surface area contributed by atoms with Gasteiger partial charge in [0.2, 0.25) is 0 Å². The summed E-state index contributed by atoms with van der Waals surface area (Å²) < 4.78 is 19.9. The summed E-state index contributed by atoms with van der Waals surface area (Å²) in [6.45, 7) is 3.11. The Morgan fingerprint density at radius 2 is 1.69 bits per heavy atom. The van der Waals surface area contributed by atoms with Crippen molar-refractivity contribution in [2.45, 2.75) is 25.9 Å². The Morgan fingerprint density at radius 1 is 1.19 bits per heavy atom. The first kappa shape index (κ1) is 15.1. The molecule has 0 aliphatic carbocycles. The second-order valence-corrected chi connectivity index (χ2v) is 4.67. The summed E-state index contributed by atoms with van der Waals surface area (Å²) in [5, 5.41) is 0. The minimum Gasteiger partial charge on any atom is -0.466 e. The van der Waals surface area contributed by atoms with E-state index in [4.69, 9.17) is 9.79 Å².